The fourth-order valence-corrected chi connectivity index (χ4v) is 10.7. The second-order valence-electron chi connectivity index (χ2n) is 15.6. The Morgan fingerprint density at radius 3 is 2.24 bits per heavy atom. The molecule has 2 saturated carbocycles. The van der Waals surface area contributed by atoms with Crippen LogP contribution in [0.1, 0.15) is 143 Å². The Labute approximate surface area is 296 Å². The molecule has 5 nitrogen and oxygen atoms in total. The quantitative estimate of drug-likeness (QED) is 0.0867. The minimum atomic E-state index is -2.31. The Morgan fingerprint density at radius 1 is 1.00 bits per heavy atom. The molecule has 0 spiro atoms. The van der Waals surface area contributed by atoms with Gasteiger partial charge >= 0.3 is 5.97 Å². The van der Waals surface area contributed by atoms with Gasteiger partial charge in [0, 0.05) is 41.9 Å². The number of aliphatic hydroxyl groups is 1. The number of esters is 1. The molecule has 0 amide bonds. The fraction of sp³-hybridized carbons (Fsp3) is 0.775. The first-order chi connectivity index (χ1) is 23.3. The van der Waals surface area contributed by atoms with Gasteiger partial charge in [-0.25, -0.2) is 13.2 Å². The molecule has 4 aliphatic rings. The summed E-state index contributed by atoms with van der Waals surface area (Å²) >= 11 is 0.429. The van der Waals surface area contributed by atoms with Crippen molar-refractivity contribution in [1.29, 1.82) is 0 Å². The number of hydrogen-bond donors (Lipinski definition) is 1. The van der Waals surface area contributed by atoms with Crippen LogP contribution in [0.2, 0.25) is 0 Å². The smallest absolute Gasteiger partial charge is 0.306 e. The number of carbonyl (C=O) groups is 3. The molecule has 2 fully saturated rings. The van der Waals surface area contributed by atoms with E-state index in [2.05, 4.69) is 19.1 Å². The van der Waals surface area contributed by atoms with Crippen LogP contribution in [0.15, 0.2) is 35.7 Å². The molecule has 0 aromatic rings. The number of carbonyl (C=O) groups excluding carboxylic acids is 3. The molecule has 1 N–H and O–H groups in total. The average Bonchev–Trinajstić information content (AvgIpc) is 3.27. The van der Waals surface area contributed by atoms with E-state index in [9.17, 15) is 23.9 Å². The van der Waals surface area contributed by atoms with Gasteiger partial charge in [-0.1, -0.05) is 90.4 Å². The highest BCUT2D eigenvalue weighted by molar-refractivity contribution is 8.13. The van der Waals surface area contributed by atoms with Crippen molar-refractivity contribution in [3.05, 3.63) is 35.7 Å². The van der Waals surface area contributed by atoms with Gasteiger partial charge in [-0.15, -0.1) is 0 Å². The Kier molecular flexibility index (Phi) is 13.9. The van der Waals surface area contributed by atoms with Crippen LogP contribution < -0.4 is 0 Å². The third-order valence-electron chi connectivity index (χ3n) is 12.6. The normalized spacial score (nSPS) is 35.4. The number of allylic oxidation sites excluding steroid dienone is 6. The maximum absolute atomic E-state index is 17.6. The number of thioether (sulfide) groups is 1. The molecule has 0 radical (unpaired) electrons. The molecule has 49 heavy (non-hydrogen) atoms. The van der Waals surface area contributed by atoms with Crippen molar-refractivity contribution in [3.8, 4) is 0 Å². The van der Waals surface area contributed by atoms with E-state index in [1.54, 1.807) is 13.8 Å². The highest BCUT2D eigenvalue weighted by atomic mass is 32.2. The minimum absolute atomic E-state index is 0.0640. The molecule has 4 aliphatic carbocycles. The largest absolute Gasteiger partial charge is 0.449 e. The zero-order valence-corrected chi connectivity index (χ0v) is 31.0. The van der Waals surface area contributed by atoms with Crippen LogP contribution in [0.4, 0.5) is 13.2 Å². The number of hydrogen-bond acceptors (Lipinski definition) is 6. The van der Waals surface area contributed by atoms with Crippen LogP contribution in [0.25, 0.3) is 0 Å². The lowest BCUT2D eigenvalue weighted by Crippen LogP contribution is -2.69. The predicted octanol–water partition coefficient (Wildman–Crippen LogP) is 10.4. The first-order valence-electron chi connectivity index (χ1n) is 18.9. The lowest BCUT2D eigenvalue weighted by atomic mass is 9.45. The fourth-order valence-electron chi connectivity index (χ4n) is 9.92. The van der Waals surface area contributed by atoms with E-state index in [-0.39, 0.29) is 43.5 Å². The Bertz CT molecular complexity index is 1280. The summed E-state index contributed by atoms with van der Waals surface area (Å²) in [7, 11) is 0. The third-order valence-corrected chi connectivity index (χ3v) is 13.3. The zero-order chi connectivity index (χ0) is 35.9. The van der Waals surface area contributed by atoms with Gasteiger partial charge in [0.2, 0.25) is 5.12 Å². The van der Waals surface area contributed by atoms with Crippen molar-refractivity contribution in [2.24, 2.45) is 28.6 Å². The highest BCUT2D eigenvalue weighted by Crippen LogP contribution is 2.72. The van der Waals surface area contributed by atoms with Crippen molar-refractivity contribution < 1.29 is 37.4 Å². The number of unbranched alkanes of at least 4 members (excludes halogenated alkanes) is 11. The van der Waals surface area contributed by atoms with Crippen LogP contribution in [-0.2, 0) is 19.1 Å². The van der Waals surface area contributed by atoms with Gasteiger partial charge in [-0.3, -0.25) is 14.4 Å². The molecule has 4 rings (SSSR count). The summed E-state index contributed by atoms with van der Waals surface area (Å²) in [6.07, 6.45) is 19.7. The summed E-state index contributed by atoms with van der Waals surface area (Å²) in [6, 6.07) is -1.02. The van der Waals surface area contributed by atoms with Crippen molar-refractivity contribution in [1.82, 2.24) is 0 Å². The number of ether oxygens (including phenoxy) is 1. The molecule has 0 aliphatic heterocycles. The van der Waals surface area contributed by atoms with Crippen molar-refractivity contribution in [2.45, 2.75) is 161 Å². The number of halogens is 3. The molecule has 9 heteroatoms. The van der Waals surface area contributed by atoms with E-state index >= 15 is 8.78 Å². The first-order valence-corrected chi connectivity index (χ1v) is 19.9. The van der Waals surface area contributed by atoms with E-state index in [0.29, 0.717) is 18.2 Å². The summed E-state index contributed by atoms with van der Waals surface area (Å²) in [6.45, 7) is 7.24. The molecule has 0 saturated heterocycles. The molecule has 0 aromatic carbocycles. The standard InChI is InChI=1S/C40H59F3O5S/c1-5-6-7-8-9-10-11-12-13-14-15-16-17-18-19-20-35(46)48-40(36(47)49-27-41)28(2)23-30-31-25-33(42)32-24-29(44)21-22-37(32,3)39(31,43)34(45)26-38(30,40)4/h12-13,21-22,28,30-31,34,45H,5-11,14-20,23-27H2,1-4H3/t28-,30?,31?,34+,37+,38+,39+,40+/m1/s1. The van der Waals surface area contributed by atoms with Crippen LogP contribution in [0, 0.1) is 28.6 Å². The summed E-state index contributed by atoms with van der Waals surface area (Å²) in [5.74, 6) is -3.73. The van der Waals surface area contributed by atoms with Gasteiger partial charge in [0.1, 0.15) is 11.8 Å². The molecule has 0 aromatic heterocycles. The van der Waals surface area contributed by atoms with Crippen molar-refractivity contribution >= 4 is 28.6 Å². The monoisotopic (exact) mass is 708 g/mol. The van der Waals surface area contributed by atoms with Gasteiger partial charge in [-0.05, 0) is 81.2 Å². The molecule has 0 bridgehead atoms. The van der Waals surface area contributed by atoms with Gasteiger partial charge < -0.3 is 9.84 Å². The Morgan fingerprint density at radius 2 is 1.61 bits per heavy atom. The van der Waals surface area contributed by atoms with Crippen LogP contribution in [-0.4, -0.2) is 45.4 Å². The molecule has 8 atom stereocenters. The Hall–Kier alpha value is -1.87. The van der Waals surface area contributed by atoms with E-state index in [4.69, 9.17) is 4.74 Å². The van der Waals surface area contributed by atoms with Gasteiger partial charge in [0.25, 0.3) is 0 Å². The maximum atomic E-state index is 17.6. The molecular formula is C40H59F3O5S. The topological polar surface area (TPSA) is 80.7 Å². The number of fused-ring (bicyclic) bond motifs is 5. The van der Waals surface area contributed by atoms with Crippen molar-refractivity contribution in [2.75, 3.05) is 6.01 Å². The molecule has 276 valence electrons. The molecule has 2 unspecified atom stereocenters. The lowest BCUT2D eigenvalue weighted by molar-refractivity contribution is -0.223. The van der Waals surface area contributed by atoms with E-state index < -0.39 is 68.9 Å². The second-order valence-corrected chi connectivity index (χ2v) is 16.5. The summed E-state index contributed by atoms with van der Waals surface area (Å²) < 4.78 is 53.2. The zero-order valence-electron chi connectivity index (χ0n) is 30.2. The predicted molar refractivity (Wildman–Crippen MR) is 190 cm³/mol. The van der Waals surface area contributed by atoms with Crippen LogP contribution in [0.3, 0.4) is 0 Å². The summed E-state index contributed by atoms with van der Waals surface area (Å²) in [5, 5.41) is 11.0. The average molecular weight is 709 g/mol. The highest BCUT2D eigenvalue weighted by Gasteiger charge is 2.77. The third kappa shape index (κ3) is 7.68. The van der Waals surface area contributed by atoms with E-state index in [0.717, 1.165) is 38.5 Å². The van der Waals surface area contributed by atoms with Crippen LogP contribution >= 0.6 is 11.8 Å². The summed E-state index contributed by atoms with van der Waals surface area (Å²) in [5.41, 5.74) is -6.84. The SMILES string of the molecule is CCCCCCCCC=CCCCCCCCC(=O)O[C@]1(C(=O)SCF)[C@H](C)CC2C3CC(F)=C4CC(=O)C=C[C@]4(C)[C@@]3(F)[C@@H](O)C[C@@]21C. The first kappa shape index (κ1) is 39.9. The van der Waals surface area contributed by atoms with Gasteiger partial charge in [-0.2, -0.15) is 0 Å². The number of ketones is 1. The second kappa shape index (κ2) is 17.1. The van der Waals surface area contributed by atoms with Gasteiger partial charge in [0.15, 0.2) is 17.1 Å². The molecule has 0 heterocycles. The number of rotatable bonds is 18. The lowest BCUT2D eigenvalue weighted by Gasteiger charge is -2.62. The Balaban J connectivity index is 1.37. The maximum Gasteiger partial charge on any atom is 0.306 e. The van der Waals surface area contributed by atoms with E-state index in [1.807, 2.05) is 0 Å². The van der Waals surface area contributed by atoms with Crippen LogP contribution in [0.5, 0.6) is 0 Å². The van der Waals surface area contributed by atoms with E-state index in [1.165, 1.54) is 57.6 Å². The van der Waals surface area contributed by atoms with Crippen molar-refractivity contribution in [3.63, 3.8) is 0 Å². The molecular weight excluding hydrogens is 649 g/mol. The number of aliphatic hydroxyl groups excluding tert-OH is 1. The number of alkyl halides is 2. The minimum Gasteiger partial charge on any atom is -0.449 e. The summed E-state index contributed by atoms with van der Waals surface area (Å²) in [4.78, 5) is 39.5. The van der Waals surface area contributed by atoms with Gasteiger partial charge in [0.05, 0.1) is 6.10 Å².